The predicted molar refractivity (Wildman–Crippen MR) is 89.0 cm³/mol. The smallest absolute Gasteiger partial charge is 0.356 e. The fraction of sp³-hybridized carbons (Fsp3) is 0.176. The number of benzene rings is 1. The number of aromatic nitrogens is 3. The fourth-order valence-electron chi connectivity index (χ4n) is 2.62. The van der Waals surface area contributed by atoms with Crippen molar-refractivity contribution < 1.29 is 13.9 Å². The summed E-state index contributed by atoms with van der Waals surface area (Å²) in [7, 11) is 4.01. The zero-order valence-corrected chi connectivity index (χ0v) is 13.7. The summed E-state index contributed by atoms with van der Waals surface area (Å²) in [6.07, 6.45) is 0. The summed E-state index contributed by atoms with van der Waals surface area (Å²) >= 11 is 0. The zero-order chi connectivity index (χ0) is 18.3. The summed E-state index contributed by atoms with van der Waals surface area (Å²) < 4.78 is 20.1. The molecule has 0 spiro atoms. The standard InChI is InChI=1S/C17H14FN3O4/c1-20-14-13(15(22)21(2)17(20)24)11(8-12(19-14)16(23)25-3)9-4-6-10(18)7-5-9/h4-8H,1-3H3. The minimum absolute atomic E-state index is 0.0512. The normalized spacial score (nSPS) is 10.9. The summed E-state index contributed by atoms with van der Waals surface area (Å²) in [5, 5.41) is 0.156. The average Bonchev–Trinajstić information content (AvgIpc) is 2.63. The van der Waals surface area contributed by atoms with Gasteiger partial charge in [-0.1, -0.05) is 12.1 Å². The number of methoxy groups -OCH3 is 1. The van der Waals surface area contributed by atoms with Gasteiger partial charge < -0.3 is 4.74 Å². The molecular formula is C17H14FN3O4. The fourth-order valence-corrected chi connectivity index (χ4v) is 2.62. The molecule has 0 fully saturated rings. The van der Waals surface area contributed by atoms with Crippen molar-refractivity contribution in [2.24, 2.45) is 14.1 Å². The van der Waals surface area contributed by atoms with Crippen LogP contribution in [0.2, 0.25) is 0 Å². The molecule has 0 N–H and O–H groups in total. The number of hydrogen-bond donors (Lipinski definition) is 0. The highest BCUT2D eigenvalue weighted by Gasteiger charge is 2.19. The molecule has 0 bridgehead atoms. The summed E-state index contributed by atoms with van der Waals surface area (Å²) in [6.45, 7) is 0. The number of nitrogens with zero attached hydrogens (tertiary/aromatic N) is 3. The van der Waals surface area contributed by atoms with Crippen molar-refractivity contribution in [1.82, 2.24) is 14.1 Å². The lowest BCUT2D eigenvalue weighted by Crippen LogP contribution is -2.37. The number of carbonyl (C=O) groups excluding carboxylic acids is 1. The van der Waals surface area contributed by atoms with Gasteiger partial charge in [0.1, 0.15) is 5.82 Å². The molecule has 0 saturated carbocycles. The van der Waals surface area contributed by atoms with Crippen molar-refractivity contribution in [3.8, 4) is 11.1 Å². The average molecular weight is 343 g/mol. The van der Waals surface area contributed by atoms with Gasteiger partial charge in [0.2, 0.25) is 0 Å². The van der Waals surface area contributed by atoms with Gasteiger partial charge in [-0.3, -0.25) is 13.9 Å². The van der Waals surface area contributed by atoms with Gasteiger partial charge in [-0.25, -0.2) is 19.0 Å². The van der Waals surface area contributed by atoms with E-state index in [4.69, 9.17) is 0 Å². The van der Waals surface area contributed by atoms with E-state index in [1.807, 2.05) is 0 Å². The number of fused-ring (bicyclic) bond motifs is 1. The Balaban J connectivity index is 2.52. The van der Waals surface area contributed by atoms with Crippen LogP contribution in [0.3, 0.4) is 0 Å². The number of ether oxygens (including phenoxy) is 1. The van der Waals surface area contributed by atoms with Crippen LogP contribution >= 0.6 is 0 Å². The Labute approximate surface area is 140 Å². The topological polar surface area (TPSA) is 83.2 Å². The maximum absolute atomic E-state index is 13.2. The van der Waals surface area contributed by atoms with Gasteiger partial charge in [0.15, 0.2) is 11.3 Å². The number of esters is 1. The molecule has 3 aromatic rings. The molecule has 2 heterocycles. The molecule has 128 valence electrons. The number of halogens is 1. The molecule has 0 unspecified atom stereocenters. The maximum Gasteiger partial charge on any atom is 0.356 e. The lowest BCUT2D eigenvalue weighted by molar-refractivity contribution is 0.0594. The third kappa shape index (κ3) is 2.61. The number of hydrogen-bond acceptors (Lipinski definition) is 5. The predicted octanol–water partition coefficient (Wildman–Crippen LogP) is 1.22. The van der Waals surface area contributed by atoms with Crippen LogP contribution in [0.15, 0.2) is 39.9 Å². The van der Waals surface area contributed by atoms with Crippen molar-refractivity contribution in [2.45, 2.75) is 0 Å². The quantitative estimate of drug-likeness (QED) is 0.654. The van der Waals surface area contributed by atoms with Gasteiger partial charge in [0.05, 0.1) is 12.5 Å². The van der Waals surface area contributed by atoms with Crippen LogP contribution in [0.5, 0.6) is 0 Å². The number of carbonyl (C=O) groups is 1. The highest BCUT2D eigenvalue weighted by molar-refractivity contribution is 5.98. The van der Waals surface area contributed by atoms with Gasteiger partial charge in [-0.15, -0.1) is 0 Å². The molecule has 0 aliphatic carbocycles. The Kier molecular flexibility index (Phi) is 3.96. The second-order valence-electron chi connectivity index (χ2n) is 5.46. The van der Waals surface area contributed by atoms with Crippen LogP contribution < -0.4 is 11.2 Å². The van der Waals surface area contributed by atoms with Gasteiger partial charge in [-0.2, -0.15) is 0 Å². The Morgan fingerprint density at radius 3 is 2.36 bits per heavy atom. The molecule has 25 heavy (non-hydrogen) atoms. The third-order valence-electron chi connectivity index (χ3n) is 3.96. The molecule has 2 aromatic heterocycles. The summed E-state index contributed by atoms with van der Waals surface area (Å²) in [5.41, 5.74) is -0.261. The van der Waals surface area contributed by atoms with Crippen LogP contribution in [0.4, 0.5) is 4.39 Å². The molecule has 7 nitrogen and oxygen atoms in total. The lowest BCUT2D eigenvalue weighted by Gasteiger charge is -2.12. The van der Waals surface area contributed by atoms with Crippen LogP contribution in [0.1, 0.15) is 10.5 Å². The summed E-state index contributed by atoms with van der Waals surface area (Å²) in [6, 6.07) is 6.84. The highest BCUT2D eigenvalue weighted by Crippen LogP contribution is 2.26. The van der Waals surface area contributed by atoms with Crippen LogP contribution in [0, 0.1) is 5.82 Å². The largest absolute Gasteiger partial charge is 0.464 e. The SMILES string of the molecule is COC(=O)c1cc(-c2ccc(F)cc2)c2c(=O)n(C)c(=O)n(C)c2n1. The third-order valence-corrected chi connectivity index (χ3v) is 3.96. The van der Waals surface area contributed by atoms with Gasteiger partial charge >= 0.3 is 11.7 Å². The van der Waals surface area contributed by atoms with E-state index in [-0.39, 0.29) is 16.7 Å². The van der Waals surface area contributed by atoms with E-state index in [2.05, 4.69) is 9.72 Å². The molecule has 1 aromatic carbocycles. The van der Waals surface area contributed by atoms with E-state index in [1.165, 1.54) is 56.1 Å². The van der Waals surface area contributed by atoms with E-state index in [9.17, 15) is 18.8 Å². The molecule has 0 aliphatic heterocycles. The minimum Gasteiger partial charge on any atom is -0.464 e. The first-order valence-electron chi connectivity index (χ1n) is 7.30. The van der Waals surface area contributed by atoms with Crippen LogP contribution in [-0.2, 0) is 18.8 Å². The van der Waals surface area contributed by atoms with E-state index in [0.717, 1.165) is 4.57 Å². The second kappa shape index (κ2) is 5.97. The van der Waals surface area contributed by atoms with E-state index in [0.29, 0.717) is 11.1 Å². The van der Waals surface area contributed by atoms with Crippen molar-refractivity contribution in [2.75, 3.05) is 7.11 Å². The van der Waals surface area contributed by atoms with E-state index in [1.54, 1.807) is 0 Å². The Morgan fingerprint density at radius 1 is 1.12 bits per heavy atom. The zero-order valence-electron chi connectivity index (χ0n) is 13.7. The van der Waals surface area contributed by atoms with Crippen molar-refractivity contribution in [3.05, 3.63) is 62.7 Å². The molecule has 0 atom stereocenters. The molecule has 8 heteroatoms. The first kappa shape index (κ1) is 16.6. The lowest BCUT2D eigenvalue weighted by atomic mass is 10.0. The summed E-state index contributed by atoms with van der Waals surface area (Å²) in [5.74, 6) is -1.14. The van der Waals surface area contributed by atoms with Crippen molar-refractivity contribution in [3.63, 3.8) is 0 Å². The molecule has 0 amide bonds. The number of pyridine rings is 1. The molecule has 0 radical (unpaired) electrons. The second-order valence-corrected chi connectivity index (χ2v) is 5.46. The van der Waals surface area contributed by atoms with Crippen LogP contribution in [0.25, 0.3) is 22.2 Å². The van der Waals surface area contributed by atoms with Gasteiger partial charge in [0.25, 0.3) is 5.56 Å². The highest BCUT2D eigenvalue weighted by atomic mass is 19.1. The Hall–Kier alpha value is -3.29. The van der Waals surface area contributed by atoms with Crippen molar-refractivity contribution >= 4 is 17.0 Å². The number of aryl methyl sites for hydroxylation is 1. The first-order valence-corrected chi connectivity index (χ1v) is 7.30. The van der Waals surface area contributed by atoms with Crippen LogP contribution in [-0.4, -0.2) is 27.2 Å². The first-order chi connectivity index (χ1) is 11.8. The number of rotatable bonds is 2. The molecular weight excluding hydrogens is 329 g/mol. The van der Waals surface area contributed by atoms with E-state index < -0.39 is 23.0 Å². The Morgan fingerprint density at radius 2 is 1.76 bits per heavy atom. The molecule has 0 aliphatic rings. The van der Waals surface area contributed by atoms with E-state index >= 15 is 0 Å². The monoisotopic (exact) mass is 343 g/mol. The maximum atomic E-state index is 13.2. The van der Waals surface area contributed by atoms with Gasteiger partial charge in [-0.05, 0) is 23.8 Å². The summed E-state index contributed by atoms with van der Waals surface area (Å²) in [4.78, 5) is 40.8. The molecule has 0 saturated heterocycles. The van der Waals surface area contributed by atoms with Crippen molar-refractivity contribution in [1.29, 1.82) is 0 Å². The molecule has 3 rings (SSSR count). The minimum atomic E-state index is -0.710. The Bertz CT molecular complexity index is 1110. The van der Waals surface area contributed by atoms with Gasteiger partial charge in [0, 0.05) is 19.7 Å².